The fraction of sp³-hybridized carbons (Fsp3) is 0.909. The van der Waals surface area contributed by atoms with E-state index in [-0.39, 0.29) is 19.8 Å². The molecule has 0 saturated carbocycles. The van der Waals surface area contributed by atoms with Gasteiger partial charge in [0.1, 0.15) is 9.84 Å². The van der Waals surface area contributed by atoms with Crippen molar-refractivity contribution in [2.24, 2.45) is 5.92 Å². The summed E-state index contributed by atoms with van der Waals surface area (Å²) >= 11 is 0. The highest BCUT2D eigenvalue weighted by Crippen LogP contribution is 2.23. The van der Waals surface area contributed by atoms with Gasteiger partial charge in [0.25, 0.3) is 0 Å². The van der Waals surface area contributed by atoms with Gasteiger partial charge in [-0.25, -0.2) is 16.8 Å². The van der Waals surface area contributed by atoms with Crippen LogP contribution < -0.4 is 0 Å². The van der Waals surface area contributed by atoms with Gasteiger partial charge in [-0.1, -0.05) is 6.92 Å². The Morgan fingerprint density at radius 2 is 1.86 bits per heavy atom. The summed E-state index contributed by atoms with van der Waals surface area (Å²) in [6.45, 7) is 1.88. The molecule has 21 heavy (non-hydrogen) atoms. The van der Waals surface area contributed by atoms with Gasteiger partial charge in [-0.2, -0.15) is 4.31 Å². The second-order valence-corrected chi connectivity index (χ2v) is 9.41. The molecule has 1 aliphatic rings. The summed E-state index contributed by atoms with van der Waals surface area (Å²) < 4.78 is 53.2. The maximum absolute atomic E-state index is 12.3. The minimum Gasteiger partial charge on any atom is -0.481 e. The quantitative estimate of drug-likeness (QED) is 0.611. The molecule has 0 aromatic rings. The standard InChI is InChI=1S/C11H21NO7S2/c1-3-4-12(10-8-19-7-9(10)11(13)14)21(17,18)6-5-20(2,15)16/h9-10H,3-8H2,1-2H3,(H,13,14). The van der Waals surface area contributed by atoms with Crippen molar-refractivity contribution < 1.29 is 31.5 Å². The number of rotatable bonds is 8. The van der Waals surface area contributed by atoms with E-state index < -0.39 is 49.3 Å². The lowest BCUT2D eigenvalue weighted by Crippen LogP contribution is -2.48. The summed E-state index contributed by atoms with van der Waals surface area (Å²) in [5.74, 6) is -3.07. The Kier molecular flexibility index (Phi) is 6.14. The van der Waals surface area contributed by atoms with Gasteiger partial charge in [-0.05, 0) is 6.42 Å². The Hall–Kier alpha value is -0.710. The molecule has 1 heterocycles. The summed E-state index contributed by atoms with van der Waals surface area (Å²) in [7, 11) is -7.27. The number of sulfonamides is 1. The monoisotopic (exact) mass is 343 g/mol. The van der Waals surface area contributed by atoms with E-state index in [9.17, 15) is 21.6 Å². The molecule has 2 unspecified atom stereocenters. The molecule has 0 amide bonds. The van der Waals surface area contributed by atoms with Crippen LogP contribution in [0.1, 0.15) is 13.3 Å². The molecule has 0 radical (unpaired) electrons. The van der Waals surface area contributed by atoms with Gasteiger partial charge < -0.3 is 9.84 Å². The second kappa shape index (κ2) is 7.03. The molecular weight excluding hydrogens is 322 g/mol. The van der Waals surface area contributed by atoms with Gasteiger partial charge in [0, 0.05) is 12.8 Å². The average Bonchev–Trinajstić information content (AvgIpc) is 2.81. The molecule has 1 saturated heterocycles. The number of hydrogen-bond donors (Lipinski definition) is 1. The zero-order chi connectivity index (χ0) is 16.3. The van der Waals surface area contributed by atoms with Gasteiger partial charge in [-0.3, -0.25) is 4.79 Å². The van der Waals surface area contributed by atoms with E-state index in [1.54, 1.807) is 6.92 Å². The number of carboxylic acids is 1. The van der Waals surface area contributed by atoms with Crippen LogP contribution in [0.25, 0.3) is 0 Å². The lowest BCUT2D eigenvalue weighted by Gasteiger charge is -2.29. The highest BCUT2D eigenvalue weighted by molar-refractivity contribution is 7.93. The molecule has 1 aliphatic heterocycles. The van der Waals surface area contributed by atoms with Crippen LogP contribution in [0.4, 0.5) is 0 Å². The van der Waals surface area contributed by atoms with Crippen molar-refractivity contribution in [2.45, 2.75) is 19.4 Å². The highest BCUT2D eigenvalue weighted by atomic mass is 32.2. The first-order chi connectivity index (χ1) is 9.58. The SMILES string of the molecule is CCCN(C1COCC1C(=O)O)S(=O)(=O)CCS(C)(=O)=O. The Balaban J connectivity index is 2.97. The van der Waals surface area contributed by atoms with Gasteiger partial charge in [0.15, 0.2) is 0 Å². The minimum absolute atomic E-state index is 0.00900. The molecule has 2 atom stereocenters. The predicted molar refractivity (Wildman–Crippen MR) is 76.2 cm³/mol. The van der Waals surface area contributed by atoms with Crippen molar-refractivity contribution in [1.82, 2.24) is 4.31 Å². The first kappa shape index (κ1) is 18.3. The Bertz CT molecular complexity index is 569. The van der Waals surface area contributed by atoms with Gasteiger partial charge in [-0.15, -0.1) is 0 Å². The molecule has 124 valence electrons. The average molecular weight is 343 g/mol. The van der Waals surface area contributed by atoms with E-state index in [0.717, 1.165) is 10.6 Å². The maximum Gasteiger partial charge on any atom is 0.310 e. The van der Waals surface area contributed by atoms with Crippen LogP contribution >= 0.6 is 0 Å². The van der Waals surface area contributed by atoms with E-state index >= 15 is 0 Å². The zero-order valence-corrected chi connectivity index (χ0v) is 13.7. The second-order valence-electron chi connectivity index (χ2n) is 5.11. The smallest absolute Gasteiger partial charge is 0.310 e. The first-order valence-electron chi connectivity index (χ1n) is 6.56. The van der Waals surface area contributed by atoms with E-state index in [2.05, 4.69) is 0 Å². The third kappa shape index (κ3) is 5.20. The summed E-state index contributed by atoms with van der Waals surface area (Å²) in [6, 6.07) is -0.785. The van der Waals surface area contributed by atoms with Crippen LogP contribution in [0.3, 0.4) is 0 Å². The number of nitrogens with zero attached hydrogens (tertiary/aromatic N) is 1. The molecule has 8 nitrogen and oxygen atoms in total. The highest BCUT2D eigenvalue weighted by Gasteiger charge is 2.42. The zero-order valence-electron chi connectivity index (χ0n) is 12.1. The third-order valence-corrected chi connectivity index (χ3v) is 6.34. The largest absolute Gasteiger partial charge is 0.481 e. The molecule has 1 fully saturated rings. The number of hydrogen-bond acceptors (Lipinski definition) is 6. The molecule has 10 heteroatoms. The summed E-state index contributed by atoms with van der Waals surface area (Å²) in [5.41, 5.74) is 0. The molecule has 0 bridgehead atoms. The number of carboxylic acid groups (broad SMARTS) is 1. The van der Waals surface area contributed by atoms with Crippen molar-refractivity contribution in [3.05, 3.63) is 0 Å². The van der Waals surface area contributed by atoms with Crippen molar-refractivity contribution in [1.29, 1.82) is 0 Å². The number of ether oxygens (including phenoxy) is 1. The molecule has 0 aliphatic carbocycles. The maximum atomic E-state index is 12.3. The van der Waals surface area contributed by atoms with Crippen LogP contribution in [0.5, 0.6) is 0 Å². The predicted octanol–water partition coefficient (Wildman–Crippen LogP) is -0.828. The molecule has 0 aromatic heterocycles. The van der Waals surface area contributed by atoms with Crippen LogP contribution in [-0.4, -0.2) is 75.8 Å². The van der Waals surface area contributed by atoms with E-state index in [0.29, 0.717) is 6.42 Å². The summed E-state index contributed by atoms with van der Waals surface area (Å²) in [5, 5.41) is 9.13. The number of carbonyl (C=O) groups is 1. The van der Waals surface area contributed by atoms with Crippen molar-refractivity contribution >= 4 is 25.8 Å². The fourth-order valence-corrected chi connectivity index (χ4v) is 5.54. The summed E-state index contributed by atoms with van der Waals surface area (Å²) in [4.78, 5) is 11.2. The van der Waals surface area contributed by atoms with E-state index in [4.69, 9.17) is 9.84 Å². The van der Waals surface area contributed by atoms with Crippen LogP contribution in [0, 0.1) is 5.92 Å². The van der Waals surface area contributed by atoms with Crippen molar-refractivity contribution in [3.63, 3.8) is 0 Å². The Morgan fingerprint density at radius 3 is 2.33 bits per heavy atom. The number of sulfone groups is 1. The topological polar surface area (TPSA) is 118 Å². The van der Waals surface area contributed by atoms with Gasteiger partial charge in [0.2, 0.25) is 10.0 Å². The van der Waals surface area contributed by atoms with E-state index in [1.165, 1.54) is 0 Å². The molecule has 1 N–H and O–H groups in total. The first-order valence-corrected chi connectivity index (χ1v) is 10.2. The van der Waals surface area contributed by atoms with Crippen LogP contribution in [-0.2, 0) is 29.4 Å². The lowest BCUT2D eigenvalue weighted by molar-refractivity contribution is -0.142. The number of aliphatic carboxylic acids is 1. The van der Waals surface area contributed by atoms with Crippen LogP contribution in [0.15, 0.2) is 0 Å². The van der Waals surface area contributed by atoms with Crippen molar-refractivity contribution in [3.8, 4) is 0 Å². The fourth-order valence-electron chi connectivity index (χ4n) is 2.17. The van der Waals surface area contributed by atoms with Gasteiger partial charge in [0.05, 0.1) is 36.7 Å². The normalized spacial score (nSPS) is 23.6. The Labute approximate surface area is 125 Å². The Morgan fingerprint density at radius 1 is 1.24 bits per heavy atom. The van der Waals surface area contributed by atoms with E-state index in [1.807, 2.05) is 0 Å². The molecule has 0 spiro atoms. The van der Waals surface area contributed by atoms with Crippen molar-refractivity contribution in [2.75, 3.05) is 37.5 Å². The molecule has 1 rings (SSSR count). The third-order valence-electron chi connectivity index (χ3n) is 3.25. The molecule has 0 aromatic carbocycles. The van der Waals surface area contributed by atoms with Gasteiger partial charge >= 0.3 is 5.97 Å². The minimum atomic E-state index is -3.86. The van der Waals surface area contributed by atoms with Crippen LogP contribution in [0.2, 0.25) is 0 Å². The summed E-state index contributed by atoms with van der Waals surface area (Å²) in [6.07, 6.45) is 1.46. The lowest BCUT2D eigenvalue weighted by atomic mass is 10.0. The molecular formula is C11H21NO7S2.